The van der Waals surface area contributed by atoms with E-state index in [0.29, 0.717) is 0 Å². The molecule has 51 heavy (non-hydrogen) atoms. The minimum Gasteiger partial charge on any atom is -0.456 e. The van der Waals surface area contributed by atoms with Crippen molar-refractivity contribution in [2.75, 3.05) is 4.90 Å². The van der Waals surface area contributed by atoms with Gasteiger partial charge in [-0.3, -0.25) is 0 Å². The van der Waals surface area contributed by atoms with Crippen LogP contribution in [-0.2, 0) is 0 Å². The van der Waals surface area contributed by atoms with E-state index in [4.69, 9.17) is 4.42 Å². The first-order valence-electron chi connectivity index (χ1n) is 17.4. The van der Waals surface area contributed by atoms with Crippen LogP contribution in [0.5, 0.6) is 0 Å². The van der Waals surface area contributed by atoms with Crippen LogP contribution >= 0.6 is 0 Å². The number of benzene rings is 8. The van der Waals surface area contributed by atoms with Crippen molar-refractivity contribution in [3.63, 3.8) is 0 Å². The molecule has 0 amide bonds. The molecule has 8 aromatic carbocycles. The number of aromatic nitrogens is 1. The second-order valence-electron chi connectivity index (χ2n) is 12.9. The molecular formula is C48H32N2O. The van der Waals surface area contributed by atoms with Crippen LogP contribution in [0.2, 0.25) is 0 Å². The molecule has 0 fully saturated rings. The molecule has 2 heterocycles. The van der Waals surface area contributed by atoms with Gasteiger partial charge in [0.1, 0.15) is 11.2 Å². The van der Waals surface area contributed by atoms with Crippen LogP contribution in [0, 0.1) is 0 Å². The number of fused-ring (bicyclic) bond motifs is 6. The third kappa shape index (κ3) is 4.82. The van der Waals surface area contributed by atoms with Gasteiger partial charge in [0.2, 0.25) is 0 Å². The molecular weight excluding hydrogens is 621 g/mol. The fourth-order valence-electron chi connectivity index (χ4n) is 7.74. The van der Waals surface area contributed by atoms with Gasteiger partial charge in [-0.05, 0) is 83.4 Å². The molecule has 0 spiro atoms. The van der Waals surface area contributed by atoms with Crippen molar-refractivity contribution in [2.24, 2.45) is 0 Å². The Morgan fingerprint density at radius 3 is 1.73 bits per heavy atom. The summed E-state index contributed by atoms with van der Waals surface area (Å²) in [6, 6.07) is 69.1. The standard InChI is InChI=1S/C48H32N2O/c1-2-15-35(16-3-1)49(37-17-12-14-34(32-37)39-22-13-27-47-48(39)42-21-7-11-26-46(42)51-47)36-30-28-33(29-31-36)38-18-4-8-23-43(38)50-44-24-9-5-19-40(44)41-20-6-10-25-45(41)50/h1-32H. The maximum Gasteiger partial charge on any atom is 0.136 e. The van der Waals surface area contributed by atoms with Crippen molar-refractivity contribution in [3.8, 4) is 27.9 Å². The number of anilines is 3. The molecule has 10 aromatic rings. The SMILES string of the molecule is c1ccc(N(c2ccc(-c3ccccc3-n3c4ccccc4c4ccccc43)cc2)c2cccc(-c3cccc4oc5ccccc5c34)c2)cc1. The molecule has 0 atom stereocenters. The Hall–Kier alpha value is -6.84. The van der Waals surface area contributed by atoms with Gasteiger partial charge in [0, 0.05) is 44.2 Å². The fourth-order valence-corrected chi connectivity index (χ4v) is 7.74. The van der Waals surface area contributed by atoms with Gasteiger partial charge in [-0.25, -0.2) is 0 Å². The van der Waals surface area contributed by atoms with Crippen molar-refractivity contribution in [1.82, 2.24) is 4.57 Å². The highest BCUT2D eigenvalue weighted by Crippen LogP contribution is 2.42. The lowest BCUT2D eigenvalue weighted by atomic mass is 9.98. The van der Waals surface area contributed by atoms with Crippen molar-refractivity contribution >= 4 is 60.8 Å². The van der Waals surface area contributed by atoms with Gasteiger partial charge in [-0.2, -0.15) is 0 Å². The fraction of sp³-hybridized carbons (Fsp3) is 0. The van der Waals surface area contributed by atoms with Gasteiger partial charge in [0.05, 0.1) is 16.7 Å². The monoisotopic (exact) mass is 652 g/mol. The van der Waals surface area contributed by atoms with E-state index in [0.717, 1.165) is 61.4 Å². The number of nitrogens with zero attached hydrogens (tertiary/aromatic N) is 2. The Bertz CT molecular complexity index is 2810. The molecule has 0 bridgehead atoms. The van der Waals surface area contributed by atoms with Gasteiger partial charge >= 0.3 is 0 Å². The first-order chi connectivity index (χ1) is 25.3. The lowest BCUT2D eigenvalue weighted by Gasteiger charge is -2.26. The Balaban J connectivity index is 1.09. The van der Waals surface area contributed by atoms with Crippen molar-refractivity contribution < 1.29 is 4.42 Å². The van der Waals surface area contributed by atoms with E-state index < -0.39 is 0 Å². The van der Waals surface area contributed by atoms with Crippen LogP contribution in [-0.4, -0.2) is 4.57 Å². The second-order valence-corrected chi connectivity index (χ2v) is 12.9. The van der Waals surface area contributed by atoms with Crippen molar-refractivity contribution in [3.05, 3.63) is 194 Å². The van der Waals surface area contributed by atoms with E-state index in [1.807, 2.05) is 12.1 Å². The molecule has 10 rings (SSSR count). The zero-order valence-corrected chi connectivity index (χ0v) is 27.8. The molecule has 2 aromatic heterocycles. The number of rotatable bonds is 6. The third-order valence-electron chi connectivity index (χ3n) is 9.99. The molecule has 0 N–H and O–H groups in total. The maximum absolute atomic E-state index is 6.24. The van der Waals surface area contributed by atoms with Crippen molar-refractivity contribution in [1.29, 1.82) is 0 Å². The molecule has 0 radical (unpaired) electrons. The average Bonchev–Trinajstić information content (AvgIpc) is 3.75. The van der Waals surface area contributed by atoms with Crippen LogP contribution in [0.1, 0.15) is 0 Å². The summed E-state index contributed by atoms with van der Waals surface area (Å²) in [6.45, 7) is 0. The molecule has 0 saturated carbocycles. The van der Waals surface area contributed by atoms with E-state index in [1.165, 1.54) is 27.4 Å². The Morgan fingerprint density at radius 1 is 0.373 bits per heavy atom. The lowest BCUT2D eigenvalue weighted by Crippen LogP contribution is -2.09. The Labute approximate surface area is 295 Å². The summed E-state index contributed by atoms with van der Waals surface area (Å²) in [5.74, 6) is 0. The normalized spacial score (nSPS) is 11.5. The molecule has 3 heteroatoms. The third-order valence-corrected chi connectivity index (χ3v) is 9.99. The first kappa shape index (κ1) is 29.1. The second kappa shape index (κ2) is 11.9. The minimum absolute atomic E-state index is 0.899. The van der Waals surface area contributed by atoms with E-state index in [-0.39, 0.29) is 0 Å². The lowest BCUT2D eigenvalue weighted by molar-refractivity contribution is 0.669. The predicted octanol–water partition coefficient (Wildman–Crippen LogP) is 13.5. The molecule has 3 nitrogen and oxygen atoms in total. The molecule has 0 unspecified atom stereocenters. The number of para-hydroxylation sites is 5. The summed E-state index contributed by atoms with van der Waals surface area (Å²) in [6.07, 6.45) is 0. The van der Waals surface area contributed by atoms with Gasteiger partial charge in [0.15, 0.2) is 0 Å². The van der Waals surface area contributed by atoms with E-state index in [9.17, 15) is 0 Å². The highest BCUT2D eigenvalue weighted by molar-refractivity contribution is 6.13. The molecule has 240 valence electrons. The van der Waals surface area contributed by atoms with E-state index in [1.54, 1.807) is 0 Å². The largest absolute Gasteiger partial charge is 0.456 e. The summed E-state index contributed by atoms with van der Waals surface area (Å²) in [5.41, 5.74) is 13.3. The summed E-state index contributed by atoms with van der Waals surface area (Å²) in [4.78, 5) is 2.33. The summed E-state index contributed by atoms with van der Waals surface area (Å²) < 4.78 is 8.64. The van der Waals surface area contributed by atoms with Gasteiger partial charge in [0.25, 0.3) is 0 Å². The number of hydrogen-bond donors (Lipinski definition) is 0. The van der Waals surface area contributed by atoms with Crippen LogP contribution < -0.4 is 4.90 Å². The maximum atomic E-state index is 6.24. The first-order valence-corrected chi connectivity index (χ1v) is 17.4. The highest BCUT2D eigenvalue weighted by Gasteiger charge is 2.18. The molecule has 0 saturated heterocycles. The van der Waals surface area contributed by atoms with Crippen molar-refractivity contribution in [2.45, 2.75) is 0 Å². The number of hydrogen-bond acceptors (Lipinski definition) is 2. The zero-order valence-electron chi connectivity index (χ0n) is 27.8. The Morgan fingerprint density at radius 2 is 0.941 bits per heavy atom. The molecule has 0 aliphatic carbocycles. The van der Waals surface area contributed by atoms with E-state index in [2.05, 4.69) is 191 Å². The minimum atomic E-state index is 0.899. The van der Waals surface area contributed by atoms with Gasteiger partial charge < -0.3 is 13.9 Å². The average molecular weight is 653 g/mol. The van der Waals surface area contributed by atoms with Crippen LogP contribution in [0.4, 0.5) is 17.1 Å². The highest BCUT2D eigenvalue weighted by atomic mass is 16.3. The Kier molecular flexibility index (Phi) is 6.81. The molecule has 0 aliphatic rings. The summed E-state index contributed by atoms with van der Waals surface area (Å²) in [5, 5.41) is 4.79. The number of furan rings is 1. The smallest absolute Gasteiger partial charge is 0.136 e. The molecule has 0 aliphatic heterocycles. The van der Waals surface area contributed by atoms with E-state index >= 15 is 0 Å². The van der Waals surface area contributed by atoms with Gasteiger partial charge in [-0.15, -0.1) is 0 Å². The summed E-state index contributed by atoms with van der Waals surface area (Å²) >= 11 is 0. The quantitative estimate of drug-likeness (QED) is 0.178. The van der Waals surface area contributed by atoms with Crippen LogP contribution in [0.3, 0.4) is 0 Å². The van der Waals surface area contributed by atoms with Crippen LogP contribution in [0.15, 0.2) is 199 Å². The zero-order chi connectivity index (χ0) is 33.7. The predicted molar refractivity (Wildman–Crippen MR) is 214 cm³/mol. The summed E-state index contributed by atoms with van der Waals surface area (Å²) in [7, 11) is 0. The topological polar surface area (TPSA) is 21.3 Å². The van der Waals surface area contributed by atoms with Gasteiger partial charge in [-0.1, -0.05) is 127 Å². The van der Waals surface area contributed by atoms with Crippen LogP contribution in [0.25, 0.3) is 71.7 Å².